The molecule has 9 atom stereocenters. The molecule has 5 saturated carbocycles. The Balaban J connectivity index is 1.30. The highest BCUT2D eigenvalue weighted by atomic mass is 16.6. The molecule has 0 unspecified atom stereocenters. The number of hydrazone groups is 1. The summed E-state index contributed by atoms with van der Waals surface area (Å²) in [7, 11) is 0. The van der Waals surface area contributed by atoms with Gasteiger partial charge in [0, 0.05) is 17.2 Å². The maximum atomic E-state index is 12.9. The first-order valence-corrected chi connectivity index (χ1v) is 17.1. The second-order valence-electron chi connectivity index (χ2n) is 16.8. The zero-order valence-electron chi connectivity index (χ0n) is 28.2. The highest BCUT2D eigenvalue weighted by Gasteiger charge is 2.71. The molecular formula is C36H50N4O6. The van der Waals surface area contributed by atoms with E-state index in [1.54, 1.807) is 0 Å². The van der Waals surface area contributed by atoms with Crippen LogP contribution in [0, 0.1) is 76.9 Å². The van der Waals surface area contributed by atoms with Gasteiger partial charge in [-0.2, -0.15) is 5.10 Å². The molecule has 2 N–H and O–H groups in total. The van der Waals surface area contributed by atoms with Crippen molar-refractivity contribution >= 4 is 28.7 Å². The van der Waals surface area contributed by atoms with Gasteiger partial charge in [-0.25, -0.2) is 0 Å². The Morgan fingerprint density at radius 2 is 1.65 bits per heavy atom. The van der Waals surface area contributed by atoms with Crippen molar-refractivity contribution in [2.45, 2.75) is 106 Å². The molecule has 0 radical (unpaired) electrons. The predicted octanol–water partition coefficient (Wildman–Crippen LogP) is 9.01. The van der Waals surface area contributed by atoms with Crippen molar-refractivity contribution in [2.24, 2.45) is 61.8 Å². The number of hydrogen-bond donors (Lipinski definition) is 2. The van der Waals surface area contributed by atoms with Crippen molar-refractivity contribution in [3.63, 3.8) is 0 Å². The van der Waals surface area contributed by atoms with Gasteiger partial charge in [0.25, 0.3) is 5.69 Å². The molecule has 0 aromatic heterocycles. The van der Waals surface area contributed by atoms with E-state index in [1.807, 2.05) is 0 Å². The third-order valence-electron chi connectivity index (χ3n) is 15.0. The number of carbonyl (C=O) groups is 1. The summed E-state index contributed by atoms with van der Waals surface area (Å²) >= 11 is 0. The van der Waals surface area contributed by atoms with E-state index >= 15 is 0 Å². The summed E-state index contributed by atoms with van der Waals surface area (Å²) < 4.78 is 0. The number of anilines is 1. The van der Waals surface area contributed by atoms with Gasteiger partial charge >= 0.3 is 11.7 Å². The van der Waals surface area contributed by atoms with Crippen LogP contribution in [-0.2, 0) is 4.79 Å². The molecule has 0 saturated heterocycles. The third-order valence-corrected chi connectivity index (χ3v) is 15.0. The van der Waals surface area contributed by atoms with Crippen LogP contribution in [0.15, 0.2) is 35.5 Å². The van der Waals surface area contributed by atoms with Crippen LogP contribution >= 0.6 is 0 Å². The highest BCUT2D eigenvalue weighted by Crippen LogP contribution is 2.77. The number of carboxylic acid groups (broad SMARTS) is 1. The Kier molecular flexibility index (Phi) is 7.52. The summed E-state index contributed by atoms with van der Waals surface area (Å²) in [6.45, 7) is 18.5. The van der Waals surface area contributed by atoms with E-state index in [4.69, 9.17) is 5.10 Å². The van der Waals surface area contributed by atoms with Crippen LogP contribution in [0.4, 0.5) is 17.1 Å². The Hall–Kier alpha value is -3.30. The Bertz CT molecular complexity index is 1540. The molecule has 5 aliphatic carbocycles. The van der Waals surface area contributed by atoms with Gasteiger partial charge in [0.05, 0.1) is 21.3 Å². The van der Waals surface area contributed by atoms with Gasteiger partial charge in [-0.05, 0) is 123 Å². The van der Waals surface area contributed by atoms with E-state index in [2.05, 4.69) is 53.5 Å². The van der Waals surface area contributed by atoms with E-state index in [1.165, 1.54) is 12.1 Å². The molecule has 5 fully saturated rings. The zero-order chi connectivity index (χ0) is 33.6. The summed E-state index contributed by atoms with van der Waals surface area (Å²) in [5.41, 5.74) is 3.83. The van der Waals surface area contributed by atoms with E-state index in [0.717, 1.165) is 81.6 Å². The topological polar surface area (TPSA) is 148 Å². The molecule has 0 heterocycles. The molecular weight excluding hydrogens is 584 g/mol. The molecule has 0 spiro atoms. The van der Waals surface area contributed by atoms with Gasteiger partial charge < -0.3 is 5.11 Å². The first kappa shape index (κ1) is 32.6. The fourth-order valence-electron chi connectivity index (χ4n) is 12.5. The Labute approximate surface area is 271 Å². The molecule has 46 heavy (non-hydrogen) atoms. The summed E-state index contributed by atoms with van der Waals surface area (Å²) in [6, 6.07) is 3.59. The van der Waals surface area contributed by atoms with E-state index in [-0.39, 0.29) is 50.6 Å². The predicted molar refractivity (Wildman–Crippen MR) is 177 cm³/mol. The van der Waals surface area contributed by atoms with E-state index in [0.29, 0.717) is 17.8 Å². The van der Waals surface area contributed by atoms with Crippen molar-refractivity contribution in [3.05, 3.63) is 50.6 Å². The highest BCUT2D eigenvalue weighted by molar-refractivity contribution is 5.91. The van der Waals surface area contributed by atoms with Gasteiger partial charge in [0.15, 0.2) is 0 Å². The second kappa shape index (κ2) is 10.6. The first-order chi connectivity index (χ1) is 21.4. The number of nitro groups is 2. The van der Waals surface area contributed by atoms with Crippen molar-refractivity contribution in [1.29, 1.82) is 0 Å². The van der Waals surface area contributed by atoms with Gasteiger partial charge in [-0.15, -0.1) is 0 Å². The number of aliphatic carboxylic acids is 1. The number of rotatable bonds is 6. The number of non-ortho nitro benzene ring substituents is 1. The Morgan fingerprint density at radius 3 is 2.28 bits per heavy atom. The normalized spacial score (nSPS) is 41.8. The van der Waals surface area contributed by atoms with Crippen LogP contribution in [0.2, 0.25) is 0 Å². The zero-order valence-corrected chi connectivity index (χ0v) is 28.2. The minimum Gasteiger partial charge on any atom is -0.481 e. The quantitative estimate of drug-likeness (QED) is 0.180. The lowest BCUT2D eigenvalue weighted by Crippen LogP contribution is -2.66. The molecule has 1 aromatic rings. The van der Waals surface area contributed by atoms with Gasteiger partial charge in [0.2, 0.25) is 0 Å². The summed E-state index contributed by atoms with van der Waals surface area (Å²) in [6.07, 6.45) is 9.48. The number of fused-ring (bicyclic) bond motifs is 7. The first-order valence-electron chi connectivity index (χ1n) is 17.1. The number of carboxylic acids is 1. The van der Waals surface area contributed by atoms with Crippen molar-refractivity contribution in [2.75, 3.05) is 5.43 Å². The number of benzene rings is 1. The number of nitro benzene ring substituents is 2. The van der Waals surface area contributed by atoms with E-state index < -0.39 is 21.2 Å². The lowest BCUT2D eigenvalue weighted by atomic mass is 9.32. The monoisotopic (exact) mass is 634 g/mol. The maximum Gasteiger partial charge on any atom is 0.309 e. The van der Waals surface area contributed by atoms with Crippen LogP contribution in [0.1, 0.15) is 106 Å². The standard InChI is InChI=1S/C36H50N4O6/c1-21(2)23-12-17-36(31(41)42)19-18-34(6)24(30(23)36)9-11-28-33(5)15-14-29(32(3,4)27(33)13-16-35(28,34)7)38-37-25-10-8-22(39(43)44)20-26(25)40(45)46/h8,10,20,23-24,27-28,30,37H,1,9,11-19H2,2-7H3,(H,41,42)/b38-29+/t23-,24+,27-,28+,30+,33-,34+,35+,36-/m0/s1. The fraction of sp³-hybridized carbons (Fsp3) is 0.722. The Morgan fingerprint density at radius 1 is 0.935 bits per heavy atom. The molecule has 0 amide bonds. The second-order valence-corrected chi connectivity index (χ2v) is 16.8. The minimum atomic E-state index is -0.638. The smallest absolute Gasteiger partial charge is 0.309 e. The molecule has 6 rings (SSSR count). The van der Waals surface area contributed by atoms with Gasteiger partial charge in [0.1, 0.15) is 5.69 Å². The minimum absolute atomic E-state index is 0.0560. The van der Waals surface area contributed by atoms with Crippen LogP contribution in [0.3, 0.4) is 0 Å². The molecule has 10 nitrogen and oxygen atoms in total. The van der Waals surface area contributed by atoms with Crippen LogP contribution in [0.25, 0.3) is 0 Å². The van der Waals surface area contributed by atoms with Crippen LogP contribution in [-0.4, -0.2) is 26.6 Å². The lowest BCUT2D eigenvalue weighted by molar-refractivity contribution is -0.393. The number of allylic oxidation sites excluding steroid dienone is 1. The van der Waals surface area contributed by atoms with Crippen molar-refractivity contribution < 1.29 is 19.7 Å². The number of nitrogens with zero attached hydrogens (tertiary/aromatic N) is 3. The van der Waals surface area contributed by atoms with Gasteiger partial charge in [-0.3, -0.25) is 30.4 Å². The summed E-state index contributed by atoms with van der Waals surface area (Å²) in [4.78, 5) is 34.6. The molecule has 0 aliphatic heterocycles. The number of hydrogen-bond acceptors (Lipinski definition) is 7. The SMILES string of the molecule is C=C(C)[C@@H]1CC[C@]2(C(=O)O)CC[C@]3(C)[C@H](CC[C@@H]4[C@@]5(C)CC/C(=N\Nc6ccc([N+](=O)[O-])cc6[N+](=O)[O-])C(C)(C)[C@@H]5CC[C@]43C)[C@@H]12. The third kappa shape index (κ3) is 4.33. The maximum absolute atomic E-state index is 12.9. The van der Waals surface area contributed by atoms with Crippen molar-refractivity contribution in [1.82, 2.24) is 0 Å². The van der Waals surface area contributed by atoms with Crippen LogP contribution < -0.4 is 5.43 Å². The van der Waals surface area contributed by atoms with Crippen molar-refractivity contribution in [3.8, 4) is 0 Å². The van der Waals surface area contributed by atoms with E-state index in [9.17, 15) is 30.1 Å². The average Bonchev–Trinajstić information content (AvgIpc) is 3.38. The molecule has 10 heteroatoms. The molecule has 1 aromatic carbocycles. The van der Waals surface area contributed by atoms with Crippen LogP contribution in [0.5, 0.6) is 0 Å². The lowest BCUT2D eigenvalue weighted by Gasteiger charge is -2.72. The number of nitrogens with one attached hydrogen (secondary N) is 1. The molecule has 250 valence electrons. The molecule has 0 bridgehead atoms. The average molecular weight is 635 g/mol. The summed E-state index contributed by atoms with van der Waals surface area (Å²) in [5.74, 6) is 1.08. The van der Waals surface area contributed by atoms with Gasteiger partial charge in [-0.1, -0.05) is 46.8 Å². The fourth-order valence-corrected chi connectivity index (χ4v) is 12.5. The summed E-state index contributed by atoms with van der Waals surface area (Å²) in [5, 5.41) is 38.3. The largest absolute Gasteiger partial charge is 0.481 e. The molecule has 5 aliphatic rings.